The highest BCUT2D eigenvalue weighted by atomic mass is 35.5. The Bertz CT molecular complexity index is 1100. The third kappa shape index (κ3) is 3.30. The van der Waals surface area contributed by atoms with Gasteiger partial charge in [0.05, 0.1) is 22.4 Å². The molecule has 2 unspecified atom stereocenters. The highest BCUT2D eigenvalue weighted by molar-refractivity contribution is 7.22. The van der Waals surface area contributed by atoms with Crippen LogP contribution in [0.2, 0.25) is 0 Å². The van der Waals surface area contributed by atoms with Crippen molar-refractivity contribution >= 4 is 44.3 Å². The number of thiazole rings is 1. The molecule has 0 saturated carbocycles. The summed E-state index contributed by atoms with van der Waals surface area (Å²) in [7, 11) is 1.31. The van der Waals surface area contributed by atoms with Crippen molar-refractivity contribution in [2.24, 2.45) is 0 Å². The minimum atomic E-state index is -1.38. The van der Waals surface area contributed by atoms with Crippen molar-refractivity contribution in [1.29, 1.82) is 0 Å². The molecule has 2 aromatic carbocycles. The molecule has 1 aromatic heterocycles. The van der Waals surface area contributed by atoms with Crippen LogP contribution in [-0.2, 0) is 9.53 Å². The number of ether oxygens (including phenoxy) is 1. The third-order valence-electron chi connectivity index (χ3n) is 4.60. The zero-order valence-corrected chi connectivity index (χ0v) is 16.4. The van der Waals surface area contributed by atoms with Crippen LogP contribution >= 0.6 is 22.9 Å². The molecule has 2 atom stereocenters. The number of carbonyl (C=O) groups is 1. The van der Waals surface area contributed by atoms with Crippen molar-refractivity contribution in [2.75, 3.05) is 12.4 Å². The van der Waals surface area contributed by atoms with Crippen LogP contribution in [0.3, 0.4) is 0 Å². The third-order valence-corrected chi connectivity index (χ3v) is 5.96. The molecule has 142 valence electrons. The van der Waals surface area contributed by atoms with E-state index in [-0.39, 0.29) is 11.7 Å². The molecule has 1 N–H and O–H groups in total. The number of methoxy groups -OCH3 is 1. The van der Waals surface area contributed by atoms with Crippen LogP contribution in [0.5, 0.6) is 0 Å². The molecule has 0 spiro atoms. The number of benzene rings is 2. The Kier molecular flexibility index (Phi) is 4.91. The lowest BCUT2D eigenvalue weighted by atomic mass is 9.86. The normalized spacial score (nSPS) is 21.4. The molecule has 7 heteroatoms. The van der Waals surface area contributed by atoms with Crippen LogP contribution in [-0.4, -0.2) is 23.6 Å². The Morgan fingerprint density at radius 2 is 2.07 bits per heavy atom. The predicted octanol–water partition coefficient (Wildman–Crippen LogP) is 5.24. The van der Waals surface area contributed by atoms with Crippen LogP contribution in [0.15, 0.2) is 71.8 Å². The van der Waals surface area contributed by atoms with Gasteiger partial charge in [0.2, 0.25) is 0 Å². The van der Waals surface area contributed by atoms with Crippen LogP contribution in [0, 0.1) is 5.82 Å². The standard InChI is InChI=1S/C21H16ClFN2O2S/c1-27-19(26)21(25-20-24-16-8-7-15(23)12-17(16)28-20)10-9-14(11-18(21)22)13-5-3-2-4-6-13/h2-12,14H,1H3,(H,24,25). The number of anilines is 1. The van der Waals surface area contributed by atoms with E-state index in [1.54, 1.807) is 12.1 Å². The minimum Gasteiger partial charge on any atom is -0.467 e. The van der Waals surface area contributed by atoms with Crippen molar-refractivity contribution in [1.82, 2.24) is 4.98 Å². The number of rotatable bonds is 4. The number of halogens is 2. The fourth-order valence-corrected chi connectivity index (χ4v) is 4.43. The largest absolute Gasteiger partial charge is 0.467 e. The first-order valence-electron chi connectivity index (χ1n) is 8.56. The van der Waals surface area contributed by atoms with Gasteiger partial charge >= 0.3 is 5.97 Å². The van der Waals surface area contributed by atoms with Crippen LogP contribution in [0.25, 0.3) is 10.2 Å². The average Bonchev–Trinajstić information content (AvgIpc) is 3.10. The number of fused-ring (bicyclic) bond motifs is 1. The lowest BCUT2D eigenvalue weighted by Gasteiger charge is -2.32. The van der Waals surface area contributed by atoms with Gasteiger partial charge in [-0.15, -0.1) is 0 Å². The predicted molar refractivity (Wildman–Crippen MR) is 110 cm³/mol. The molecular formula is C21H16ClFN2O2S. The molecule has 0 aliphatic heterocycles. The van der Waals surface area contributed by atoms with E-state index in [2.05, 4.69) is 10.3 Å². The average molecular weight is 415 g/mol. The number of allylic oxidation sites excluding steroid dienone is 2. The summed E-state index contributed by atoms with van der Waals surface area (Å²) in [4.78, 5) is 17.1. The number of hydrogen-bond acceptors (Lipinski definition) is 5. The summed E-state index contributed by atoms with van der Waals surface area (Å²) < 4.78 is 19.2. The first-order valence-corrected chi connectivity index (χ1v) is 9.76. The Morgan fingerprint density at radius 3 is 2.79 bits per heavy atom. The first-order chi connectivity index (χ1) is 13.5. The number of carbonyl (C=O) groups excluding carboxylic acids is 1. The quantitative estimate of drug-likeness (QED) is 0.468. The fourth-order valence-electron chi connectivity index (χ4n) is 3.15. The second-order valence-electron chi connectivity index (χ2n) is 6.37. The molecule has 0 radical (unpaired) electrons. The Balaban J connectivity index is 1.71. The molecule has 28 heavy (non-hydrogen) atoms. The van der Waals surface area contributed by atoms with Crippen molar-refractivity contribution in [2.45, 2.75) is 11.5 Å². The molecule has 1 aliphatic carbocycles. The molecule has 0 saturated heterocycles. The monoisotopic (exact) mass is 414 g/mol. The summed E-state index contributed by atoms with van der Waals surface area (Å²) in [5.74, 6) is -0.953. The van der Waals surface area contributed by atoms with Gasteiger partial charge in [-0.05, 0) is 29.8 Å². The van der Waals surface area contributed by atoms with Crippen LogP contribution in [0.4, 0.5) is 9.52 Å². The Hall–Kier alpha value is -2.70. The van der Waals surface area contributed by atoms with E-state index >= 15 is 0 Å². The van der Waals surface area contributed by atoms with Crippen molar-refractivity contribution < 1.29 is 13.9 Å². The van der Waals surface area contributed by atoms with E-state index in [0.29, 0.717) is 20.4 Å². The summed E-state index contributed by atoms with van der Waals surface area (Å²) in [5.41, 5.74) is 0.315. The molecule has 1 heterocycles. The molecule has 4 rings (SSSR count). The molecule has 1 aliphatic rings. The molecule has 0 fully saturated rings. The SMILES string of the molecule is COC(=O)C1(Nc2nc3ccc(F)cc3s2)C=CC(c2ccccc2)C=C1Cl. The van der Waals surface area contributed by atoms with Crippen molar-refractivity contribution in [3.8, 4) is 0 Å². The topological polar surface area (TPSA) is 51.2 Å². The van der Waals surface area contributed by atoms with E-state index < -0.39 is 11.5 Å². The number of aromatic nitrogens is 1. The maximum absolute atomic E-state index is 13.5. The lowest BCUT2D eigenvalue weighted by molar-refractivity contribution is -0.142. The second kappa shape index (κ2) is 7.37. The zero-order valence-electron chi connectivity index (χ0n) is 14.9. The van der Waals surface area contributed by atoms with Gasteiger partial charge in [-0.2, -0.15) is 0 Å². The molecule has 0 amide bonds. The van der Waals surface area contributed by atoms with Crippen LogP contribution < -0.4 is 5.32 Å². The van der Waals surface area contributed by atoms with E-state index in [9.17, 15) is 9.18 Å². The number of hydrogen-bond donors (Lipinski definition) is 1. The van der Waals surface area contributed by atoms with Crippen LogP contribution in [0.1, 0.15) is 11.5 Å². The number of nitrogens with zero attached hydrogens (tertiary/aromatic N) is 1. The Labute approximate surface area is 170 Å². The molecule has 3 aromatic rings. The van der Waals surface area contributed by atoms with Gasteiger partial charge < -0.3 is 10.1 Å². The summed E-state index contributed by atoms with van der Waals surface area (Å²) in [6, 6.07) is 14.2. The van der Waals surface area contributed by atoms with Crippen molar-refractivity contribution in [3.05, 3.63) is 83.2 Å². The Morgan fingerprint density at radius 1 is 1.29 bits per heavy atom. The molecule has 4 nitrogen and oxygen atoms in total. The van der Waals surface area contributed by atoms with Gasteiger partial charge in [0.1, 0.15) is 5.82 Å². The highest BCUT2D eigenvalue weighted by Crippen LogP contribution is 2.38. The van der Waals surface area contributed by atoms with E-state index in [1.165, 1.54) is 30.6 Å². The minimum absolute atomic E-state index is 0.0576. The summed E-state index contributed by atoms with van der Waals surface area (Å²) in [6.45, 7) is 0. The first kappa shape index (κ1) is 18.7. The maximum atomic E-state index is 13.5. The van der Waals surface area contributed by atoms with E-state index in [0.717, 1.165) is 5.56 Å². The van der Waals surface area contributed by atoms with E-state index in [1.807, 2.05) is 42.5 Å². The number of esters is 1. The fraction of sp³-hybridized carbons (Fsp3) is 0.143. The van der Waals surface area contributed by atoms with Gasteiger partial charge in [0.25, 0.3) is 0 Å². The van der Waals surface area contributed by atoms with Gasteiger partial charge in [-0.25, -0.2) is 14.2 Å². The zero-order chi connectivity index (χ0) is 19.7. The highest BCUT2D eigenvalue weighted by Gasteiger charge is 2.43. The lowest BCUT2D eigenvalue weighted by Crippen LogP contribution is -2.47. The van der Waals surface area contributed by atoms with Gasteiger partial charge in [-0.1, -0.05) is 65.4 Å². The van der Waals surface area contributed by atoms with Gasteiger partial charge in [0, 0.05) is 5.92 Å². The van der Waals surface area contributed by atoms with Crippen molar-refractivity contribution in [3.63, 3.8) is 0 Å². The maximum Gasteiger partial charge on any atom is 0.341 e. The number of nitrogens with one attached hydrogen (secondary N) is 1. The smallest absolute Gasteiger partial charge is 0.341 e. The van der Waals surface area contributed by atoms with Gasteiger partial charge in [0.15, 0.2) is 10.7 Å². The molecule has 0 bridgehead atoms. The molecular weight excluding hydrogens is 399 g/mol. The summed E-state index contributed by atoms with van der Waals surface area (Å²) in [6.07, 6.45) is 5.41. The van der Waals surface area contributed by atoms with Gasteiger partial charge in [-0.3, -0.25) is 0 Å². The summed E-state index contributed by atoms with van der Waals surface area (Å²) in [5, 5.41) is 3.84. The second-order valence-corrected chi connectivity index (χ2v) is 7.80. The van der Waals surface area contributed by atoms with E-state index in [4.69, 9.17) is 16.3 Å². The summed E-state index contributed by atoms with van der Waals surface area (Å²) >= 11 is 7.84.